The smallest absolute Gasteiger partial charge is 0.251 e. The Balaban J connectivity index is 1.27. The fourth-order valence-corrected chi connectivity index (χ4v) is 5.39. The van der Waals surface area contributed by atoms with Gasteiger partial charge in [-0.2, -0.15) is 10.4 Å². The number of nitriles is 1. The highest BCUT2D eigenvalue weighted by atomic mass is 16.5. The Morgan fingerprint density at radius 3 is 2.38 bits per heavy atom. The van der Waals surface area contributed by atoms with Crippen LogP contribution < -0.4 is 10.1 Å². The molecule has 7 nitrogen and oxygen atoms in total. The summed E-state index contributed by atoms with van der Waals surface area (Å²) in [5.74, 6) is 0.415. The molecule has 3 aromatic rings. The van der Waals surface area contributed by atoms with E-state index in [1.54, 1.807) is 29.3 Å². The van der Waals surface area contributed by atoms with Crippen LogP contribution >= 0.6 is 0 Å². The number of amides is 1. The Morgan fingerprint density at radius 2 is 1.65 bits per heavy atom. The molecule has 0 spiro atoms. The second kappa shape index (κ2) is 9.55. The van der Waals surface area contributed by atoms with E-state index in [0.717, 1.165) is 29.7 Å². The van der Waals surface area contributed by atoms with Gasteiger partial charge in [0.05, 0.1) is 23.4 Å². The van der Waals surface area contributed by atoms with E-state index >= 15 is 0 Å². The summed E-state index contributed by atoms with van der Waals surface area (Å²) in [6.07, 6.45) is 4.13. The number of fused-ring (bicyclic) bond motifs is 3. The van der Waals surface area contributed by atoms with Gasteiger partial charge in [0.1, 0.15) is 5.75 Å². The van der Waals surface area contributed by atoms with Crippen molar-refractivity contribution in [2.75, 3.05) is 0 Å². The summed E-state index contributed by atoms with van der Waals surface area (Å²) in [5.41, 5.74) is 4.32. The van der Waals surface area contributed by atoms with E-state index in [1.807, 2.05) is 48.5 Å². The molecule has 2 atom stereocenters. The number of hydrogen-bond acceptors (Lipinski definition) is 6. The summed E-state index contributed by atoms with van der Waals surface area (Å²) in [4.78, 5) is 26.1. The lowest BCUT2D eigenvalue weighted by Gasteiger charge is -2.37. The fourth-order valence-electron chi connectivity index (χ4n) is 5.39. The number of ketones is 1. The molecule has 37 heavy (non-hydrogen) atoms. The molecule has 1 saturated carbocycles. The number of hydrazone groups is 1. The number of carbonyl (C=O) groups excluding carboxylic acids is 2. The topological polar surface area (TPSA) is 94.8 Å². The van der Waals surface area contributed by atoms with Crippen LogP contribution in [0.4, 0.5) is 0 Å². The molecule has 2 unspecified atom stereocenters. The zero-order valence-corrected chi connectivity index (χ0v) is 20.3. The van der Waals surface area contributed by atoms with E-state index < -0.39 is 6.23 Å². The predicted octanol–water partition coefficient (Wildman–Crippen LogP) is 4.98. The molecule has 3 aromatic carbocycles. The van der Waals surface area contributed by atoms with Crippen LogP contribution in [0.15, 0.2) is 77.9 Å². The van der Waals surface area contributed by atoms with Crippen LogP contribution in [0.5, 0.6) is 5.75 Å². The number of nitrogens with zero attached hydrogens (tertiary/aromatic N) is 3. The molecule has 0 saturated heterocycles. The first-order valence-corrected chi connectivity index (χ1v) is 12.7. The van der Waals surface area contributed by atoms with Gasteiger partial charge in [-0.15, -0.1) is 0 Å². The van der Waals surface area contributed by atoms with E-state index in [4.69, 9.17) is 15.1 Å². The average molecular weight is 491 g/mol. The largest absolute Gasteiger partial charge is 0.461 e. The van der Waals surface area contributed by atoms with E-state index in [-0.39, 0.29) is 23.8 Å². The number of para-hydroxylation sites is 1. The van der Waals surface area contributed by atoms with Crippen LogP contribution in [0, 0.1) is 11.3 Å². The maximum Gasteiger partial charge on any atom is 0.251 e. The molecule has 184 valence electrons. The average Bonchev–Trinajstić information content (AvgIpc) is 3.63. The maximum atomic E-state index is 13.5. The Bertz CT molecular complexity index is 1420. The third-order valence-electron chi connectivity index (χ3n) is 7.39. The summed E-state index contributed by atoms with van der Waals surface area (Å²) < 4.78 is 6.17. The van der Waals surface area contributed by atoms with Crippen molar-refractivity contribution in [1.82, 2.24) is 10.3 Å². The van der Waals surface area contributed by atoms with Gasteiger partial charge in [-0.3, -0.25) is 9.59 Å². The standard InChI is InChI=1S/C30H26N4O3/c31-18-19-9-11-21(12-10-19)28(35)30-34-26(24-7-3-4-8-27(24)37-30)17-25(33-34)20-13-15-22(16-14-20)29(36)32-23-5-1-2-6-23/h3-4,7-16,23,26,30H,1-2,5-6,17H2,(H,32,36). The van der Waals surface area contributed by atoms with Crippen molar-refractivity contribution < 1.29 is 14.3 Å². The number of rotatable bonds is 5. The molecule has 0 radical (unpaired) electrons. The molecule has 1 N–H and O–H groups in total. The minimum atomic E-state index is -0.915. The van der Waals surface area contributed by atoms with Gasteiger partial charge >= 0.3 is 0 Å². The highest BCUT2D eigenvalue weighted by molar-refractivity contribution is 6.04. The SMILES string of the molecule is N#Cc1ccc(C(=O)C2Oc3ccccc3C3CC(c4ccc(C(=O)NC5CCCC5)cc4)=NN23)cc1. The third-order valence-corrected chi connectivity index (χ3v) is 7.39. The molecule has 0 bridgehead atoms. The van der Waals surface area contributed by atoms with E-state index in [1.165, 1.54) is 12.8 Å². The summed E-state index contributed by atoms with van der Waals surface area (Å²) in [6, 6.07) is 24.0. The first kappa shape index (κ1) is 23.0. The molecule has 2 heterocycles. The monoisotopic (exact) mass is 490 g/mol. The first-order valence-electron chi connectivity index (χ1n) is 12.7. The van der Waals surface area contributed by atoms with Crippen molar-refractivity contribution in [2.24, 2.45) is 5.10 Å². The van der Waals surface area contributed by atoms with Crippen molar-refractivity contribution in [3.8, 4) is 11.8 Å². The number of Topliss-reactive ketones (excluding diaryl/α,β-unsaturated/α-hetero) is 1. The number of ether oxygens (including phenoxy) is 1. The minimum Gasteiger partial charge on any atom is -0.461 e. The highest BCUT2D eigenvalue weighted by Gasteiger charge is 2.43. The van der Waals surface area contributed by atoms with Gasteiger partial charge in [0.15, 0.2) is 0 Å². The van der Waals surface area contributed by atoms with Crippen molar-refractivity contribution in [2.45, 2.75) is 50.4 Å². The molecular weight excluding hydrogens is 464 g/mol. The molecule has 0 aromatic heterocycles. The van der Waals surface area contributed by atoms with Gasteiger partial charge in [-0.05, 0) is 60.9 Å². The van der Waals surface area contributed by atoms with Crippen LogP contribution in [0.25, 0.3) is 0 Å². The lowest BCUT2D eigenvalue weighted by Crippen LogP contribution is -2.45. The quantitative estimate of drug-likeness (QED) is 0.509. The van der Waals surface area contributed by atoms with Gasteiger partial charge in [0.2, 0.25) is 5.78 Å². The van der Waals surface area contributed by atoms with Crippen LogP contribution in [0.2, 0.25) is 0 Å². The van der Waals surface area contributed by atoms with Crippen LogP contribution in [0.3, 0.4) is 0 Å². The van der Waals surface area contributed by atoms with Crippen LogP contribution in [-0.2, 0) is 0 Å². The molecule has 1 fully saturated rings. The normalized spacial score (nSPS) is 20.3. The van der Waals surface area contributed by atoms with Gasteiger partial charge < -0.3 is 10.1 Å². The van der Waals surface area contributed by atoms with E-state index in [0.29, 0.717) is 28.9 Å². The number of nitrogens with one attached hydrogen (secondary N) is 1. The molecule has 3 aliphatic rings. The highest BCUT2D eigenvalue weighted by Crippen LogP contribution is 2.43. The maximum absolute atomic E-state index is 13.5. The first-order chi connectivity index (χ1) is 18.1. The second-order valence-corrected chi connectivity index (χ2v) is 9.74. The van der Waals surface area contributed by atoms with Crippen molar-refractivity contribution >= 4 is 17.4 Å². The molecule has 6 rings (SSSR count). The lowest BCUT2D eigenvalue weighted by molar-refractivity contribution is -0.00455. The zero-order valence-electron chi connectivity index (χ0n) is 20.3. The summed E-state index contributed by atoms with van der Waals surface area (Å²) >= 11 is 0. The van der Waals surface area contributed by atoms with Gasteiger partial charge in [-0.1, -0.05) is 43.2 Å². The van der Waals surface area contributed by atoms with Crippen molar-refractivity contribution in [1.29, 1.82) is 5.26 Å². The molecule has 1 amide bonds. The summed E-state index contributed by atoms with van der Waals surface area (Å²) in [7, 11) is 0. The number of benzene rings is 3. The van der Waals surface area contributed by atoms with Crippen LogP contribution in [-0.4, -0.2) is 34.7 Å². The third kappa shape index (κ3) is 4.36. The molecule has 7 heteroatoms. The Morgan fingerprint density at radius 1 is 0.946 bits per heavy atom. The minimum absolute atomic E-state index is 0.0420. The predicted molar refractivity (Wildman–Crippen MR) is 138 cm³/mol. The van der Waals surface area contributed by atoms with Gasteiger partial charge in [0.25, 0.3) is 12.1 Å². The van der Waals surface area contributed by atoms with Crippen LogP contribution in [0.1, 0.15) is 75.6 Å². The van der Waals surface area contributed by atoms with Gasteiger partial charge in [0, 0.05) is 29.2 Å². The lowest BCUT2D eigenvalue weighted by atomic mass is 9.95. The Hall–Kier alpha value is -4.44. The van der Waals surface area contributed by atoms with Crippen molar-refractivity contribution in [3.63, 3.8) is 0 Å². The molecule has 1 aliphatic carbocycles. The Labute approximate surface area is 215 Å². The Kier molecular flexibility index (Phi) is 5.93. The number of hydrogen-bond donors (Lipinski definition) is 1. The summed E-state index contributed by atoms with van der Waals surface area (Å²) in [5, 5.41) is 18.8. The number of carbonyl (C=O) groups is 2. The molecular formula is C30H26N4O3. The summed E-state index contributed by atoms with van der Waals surface area (Å²) in [6.45, 7) is 0. The van der Waals surface area contributed by atoms with E-state index in [2.05, 4.69) is 11.4 Å². The fraction of sp³-hybridized carbons (Fsp3) is 0.267. The van der Waals surface area contributed by atoms with Crippen molar-refractivity contribution in [3.05, 3.63) is 101 Å². The second-order valence-electron chi connectivity index (χ2n) is 9.74. The van der Waals surface area contributed by atoms with E-state index in [9.17, 15) is 9.59 Å². The van der Waals surface area contributed by atoms with Gasteiger partial charge in [-0.25, -0.2) is 5.01 Å². The molecule has 2 aliphatic heterocycles. The zero-order chi connectivity index (χ0) is 25.4.